The smallest absolute Gasteiger partial charge is 0.0422 e. The lowest BCUT2D eigenvalue weighted by Gasteiger charge is -2.26. The second-order valence-corrected chi connectivity index (χ2v) is 13.5. The van der Waals surface area contributed by atoms with E-state index in [-0.39, 0.29) is 10.8 Å². The molecule has 0 unspecified atom stereocenters. The molecule has 1 aromatic heterocycles. The largest absolute Gasteiger partial charge is 0.355 e. The van der Waals surface area contributed by atoms with Gasteiger partial charge in [0, 0.05) is 37.0 Å². The van der Waals surface area contributed by atoms with Crippen molar-refractivity contribution in [2.24, 2.45) is 0 Å². The van der Waals surface area contributed by atoms with E-state index in [4.69, 9.17) is 0 Å². The van der Waals surface area contributed by atoms with Crippen molar-refractivity contribution in [3.63, 3.8) is 0 Å². The van der Waals surface area contributed by atoms with E-state index >= 15 is 0 Å². The van der Waals surface area contributed by atoms with Gasteiger partial charge in [0.1, 0.15) is 0 Å². The van der Waals surface area contributed by atoms with Crippen LogP contribution in [0.15, 0.2) is 103 Å². The molecule has 1 aliphatic rings. The van der Waals surface area contributed by atoms with Crippen molar-refractivity contribution in [2.75, 3.05) is 5.32 Å². The molecule has 6 aromatic rings. The van der Waals surface area contributed by atoms with Crippen molar-refractivity contribution >= 4 is 42.9 Å². The van der Waals surface area contributed by atoms with Gasteiger partial charge in [-0.05, 0) is 86.8 Å². The predicted octanol–water partition coefficient (Wildman–Crippen LogP) is 11.1. The van der Waals surface area contributed by atoms with Gasteiger partial charge in [0.25, 0.3) is 0 Å². The van der Waals surface area contributed by atoms with E-state index in [9.17, 15) is 0 Å². The summed E-state index contributed by atoms with van der Waals surface area (Å²) in [5.74, 6) is 0. The highest BCUT2D eigenvalue weighted by molar-refractivity contribution is 7.25. The first kappa shape index (κ1) is 24.2. The minimum atomic E-state index is -0.0102. The molecule has 0 aliphatic heterocycles. The van der Waals surface area contributed by atoms with E-state index in [1.165, 1.54) is 64.8 Å². The van der Waals surface area contributed by atoms with E-state index < -0.39 is 0 Å². The molecule has 2 heteroatoms. The Bertz CT molecular complexity index is 1900. The molecule has 192 valence electrons. The number of anilines is 2. The zero-order chi connectivity index (χ0) is 26.9. The lowest BCUT2D eigenvalue weighted by molar-refractivity contribution is 0.592. The van der Waals surface area contributed by atoms with Gasteiger partial charge < -0.3 is 5.32 Å². The van der Waals surface area contributed by atoms with Crippen LogP contribution in [-0.2, 0) is 10.8 Å². The summed E-state index contributed by atoms with van der Waals surface area (Å²) in [6.07, 6.45) is 0. The number of rotatable bonds is 3. The van der Waals surface area contributed by atoms with Crippen LogP contribution in [0.2, 0.25) is 0 Å². The molecule has 0 fully saturated rings. The topological polar surface area (TPSA) is 12.0 Å². The molecule has 0 amide bonds. The first-order valence-electron chi connectivity index (χ1n) is 13.8. The third kappa shape index (κ3) is 3.89. The summed E-state index contributed by atoms with van der Waals surface area (Å²) in [6.45, 7) is 11.6. The van der Waals surface area contributed by atoms with Crippen LogP contribution in [0.1, 0.15) is 51.3 Å². The molecule has 1 N–H and O–H groups in total. The third-order valence-corrected chi connectivity index (χ3v) is 9.55. The second-order valence-electron chi connectivity index (χ2n) is 12.4. The number of nitrogens with one attached hydrogen (secondary N) is 1. The van der Waals surface area contributed by atoms with Crippen LogP contribution in [0.4, 0.5) is 11.4 Å². The zero-order valence-corrected chi connectivity index (χ0v) is 24.0. The van der Waals surface area contributed by atoms with Gasteiger partial charge in [-0.15, -0.1) is 11.3 Å². The Hall–Kier alpha value is -3.88. The quantitative estimate of drug-likeness (QED) is 0.243. The molecule has 0 atom stereocenters. The average Bonchev–Trinajstić information content (AvgIpc) is 3.40. The van der Waals surface area contributed by atoms with Crippen molar-refractivity contribution < 1.29 is 0 Å². The molecule has 7 rings (SSSR count). The highest BCUT2D eigenvalue weighted by Crippen LogP contribution is 2.49. The molecule has 1 nitrogen and oxygen atoms in total. The molecule has 0 saturated carbocycles. The van der Waals surface area contributed by atoms with Gasteiger partial charge >= 0.3 is 0 Å². The van der Waals surface area contributed by atoms with Crippen LogP contribution in [0.5, 0.6) is 0 Å². The summed E-state index contributed by atoms with van der Waals surface area (Å²) < 4.78 is 2.69. The Balaban J connectivity index is 1.28. The van der Waals surface area contributed by atoms with Gasteiger partial charge in [0.15, 0.2) is 0 Å². The van der Waals surface area contributed by atoms with Gasteiger partial charge in [-0.2, -0.15) is 0 Å². The number of fused-ring (bicyclic) bond motifs is 6. The van der Waals surface area contributed by atoms with Crippen molar-refractivity contribution in [2.45, 2.75) is 45.4 Å². The van der Waals surface area contributed by atoms with E-state index in [1.807, 2.05) is 11.3 Å². The Labute approximate surface area is 235 Å². The fourth-order valence-electron chi connectivity index (χ4n) is 6.30. The van der Waals surface area contributed by atoms with Crippen molar-refractivity contribution in [1.29, 1.82) is 0 Å². The Morgan fingerprint density at radius 1 is 0.615 bits per heavy atom. The molecule has 39 heavy (non-hydrogen) atoms. The molecule has 0 spiro atoms. The first-order valence-corrected chi connectivity index (χ1v) is 14.6. The number of benzene rings is 5. The van der Waals surface area contributed by atoms with Gasteiger partial charge in [0.05, 0.1) is 0 Å². The van der Waals surface area contributed by atoms with Crippen molar-refractivity contribution in [3.05, 3.63) is 120 Å². The van der Waals surface area contributed by atoms with E-state index in [1.54, 1.807) is 0 Å². The van der Waals surface area contributed by atoms with Crippen LogP contribution in [-0.4, -0.2) is 0 Å². The minimum Gasteiger partial charge on any atom is -0.355 e. The number of hydrogen-bond donors (Lipinski definition) is 1. The maximum absolute atomic E-state index is 3.80. The van der Waals surface area contributed by atoms with Crippen LogP contribution in [0.25, 0.3) is 42.4 Å². The Kier molecular flexibility index (Phi) is 5.31. The summed E-state index contributed by atoms with van der Waals surface area (Å²) in [7, 11) is 0. The Morgan fingerprint density at radius 3 is 2.15 bits per heavy atom. The van der Waals surface area contributed by atoms with Gasteiger partial charge in [-0.25, -0.2) is 0 Å². The van der Waals surface area contributed by atoms with E-state index in [0.717, 1.165) is 5.69 Å². The maximum atomic E-state index is 3.80. The zero-order valence-electron chi connectivity index (χ0n) is 23.2. The standard InChI is InChI=1S/C37H33NS/c1-36(2,3)32-21-24(23-15-19-35-29(20-23)28-11-7-9-13-34(28)39-35)14-18-33(32)38-25-16-17-27-26-10-6-8-12-30(26)37(4,5)31(27)22-25/h6-22,38H,1-5H3. The normalized spacial score (nSPS) is 14.0. The summed E-state index contributed by atoms with van der Waals surface area (Å²) in [5, 5.41) is 6.49. The second kappa shape index (κ2) is 8.56. The monoisotopic (exact) mass is 523 g/mol. The number of thiophene rings is 1. The highest BCUT2D eigenvalue weighted by atomic mass is 32.1. The highest BCUT2D eigenvalue weighted by Gasteiger charge is 2.35. The van der Waals surface area contributed by atoms with Gasteiger partial charge in [-0.3, -0.25) is 0 Å². The van der Waals surface area contributed by atoms with Crippen molar-refractivity contribution in [1.82, 2.24) is 0 Å². The summed E-state index contributed by atoms with van der Waals surface area (Å²) >= 11 is 1.87. The van der Waals surface area contributed by atoms with E-state index in [0.29, 0.717) is 0 Å². The minimum absolute atomic E-state index is 0.00912. The van der Waals surface area contributed by atoms with Crippen LogP contribution >= 0.6 is 11.3 Å². The average molecular weight is 524 g/mol. The van der Waals surface area contributed by atoms with Gasteiger partial charge in [-0.1, -0.05) is 95.3 Å². The molecule has 1 heterocycles. The molecule has 1 aliphatic carbocycles. The molecular formula is C37H33NS. The lowest BCUT2D eigenvalue weighted by atomic mass is 9.82. The SMILES string of the molecule is CC(C)(C)c1cc(-c2ccc3sc4ccccc4c3c2)ccc1Nc1ccc2c(c1)C(C)(C)c1ccccc1-2. The van der Waals surface area contributed by atoms with Crippen molar-refractivity contribution in [3.8, 4) is 22.3 Å². The lowest BCUT2D eigenvalue weighted by Crippen LogP contribution is -2.16. The maximum Gasteiger partial charge on any atom is 0.0422 e. The summed E-state index contributed by atoms with van der Waals surface area (Å²) in [6, 6.07) is 38.2. The molecule has 0 bridgehead atoms. The molecular weight excluding hydrogens is 490 g/mol. The number of hydrogen-bond acceptors (Lipinski definition) is 2. The van der Waals surface area contributed by atoms with Crippen LogP contribution < -0.4 is 5.32 Å². The molecule has 5 aromatic carbocycles. The van der Waals surface area contributed by atoms with Crippen LogP contribution in [0, 0.1) is 0 Å². The predicted molar refractivity (Wildman–Crippen MR) is 171 cm³/mol. The van der Waals surface area contributed by atoms with Gasteiger partial charge in [0.2, 0.25) is 0 Å². The summed E-state index contributed by atoms with van der Waals surface area (Å²) in [4.78, 5) is 0. The molecule has 0 radical (unpaired) electrons. The summed E-state index contributed by atoms with van der Waals surface area (Å²) in [5.41, 5.74) is 11.6. The third-order valence-electron chi connectivity index (χ3n) is 8.40. The Morgan fingerprint density at radius 2 is 1.31 bits per heavy atom. The molecule has 0 saturated heterocycles. The van der Waals surface area contributed by atoms with Crippen LogP contribution in [0.3, 0.4) is 0 Å². The fourth-order valence-corrected chi connectivity index (χ4v) is 7.38. The first-order chi connectivity index (χ1) is 18.7. The van der Waals surface area contributed by atoms with E-state index in [2.05, 4.69) is 143 Å². The fraction of sp³-hybridized carbons (Fsp3) is 0.189.